The zero-order valence-electron chi connectivity index (χ0n) is 19.3. The quantitative estimate of drug-likeness (QED) is 0.159. The Hall–Kier alpha value is -3.50. The van der Waals surface area contributed by atoms with Gasteiger partial charge in [-0.05, 0) is 18.3 Å². The lowest BCUT2D eigenvalue weighted by Gasteiger charge is -2.50. The van der Waals surface area contributed by atoms with Crippen LogP contribution in [0.2, 0.25) is 0 Å². The van der Waals surface area contributed by atoms with Crippen molar-refractivity contribution in [2.24, 2.45) is 5.16 Å². The maximum atomic E-state index is 13.0. The molecule has 16 heteroatoms. The number of aliphatic carboxylic acids is 1. The van der Waals surface area contributed by atoms with Gasteiger partial charge in [0.1, 0.15) is 41.5 Å². The molecule has 3 aromatic heterocycles. The van der Waals surface area contributed by atoms with E-state index in [-0.39, 0.29) is 28.8 Å². The molecule has 188 valence electrons. The Balaban J connectivity index is 1.39. The zero-order valence-corrected chi connectivity index (χ0v) is 21.7. The Morgan fingerprint density at radius 1 is 1.42 bits per heavy atom. The number of oxime groups is 1. The summed E-state index contributed by atoms with van der Waals surface area (Å²) in [6.45, 7) is 4.07. The number of nitrogens with two attached hydrogens (primary N) is 1. The van der Waals surface area contributed by atoms with Crippen LogP contribution in [0.3, 0.4) is 0 Å². The van der Waals surface area contributed by atoms with E-state index in [0.29, 0.717) is 11.3 Å². The molecule has 0 aromatic carbocycles. The van der Waals surface area contributed by atoms with Gasteiger partial charge in [0, 0.05) is 23.6 Å². The molecule has 2 aliphatic rings. The number of nitrogens with one attached hydrogen (secondary N) is 1. The standard InChI is InChI=1S/C20H20N8O5S3/c1-8-4-27-20(36-9(2)24-27)26(8)5-10-6-34-17-13(16(30)28(17)14(10)18(31)32)23-15(29)12(25-33-3)11-7-35-19(21)22-11/h4,7,13,17H,5-6H2,1-3H3,(H3-,21,22,23,29,31,32)/b25-12-/t13-,17-/m1/s1. The highest BCUT2D eigenvalue weighted by Crippen LogP contribution is 2.40. The number of fused-ring (bicyclic) bond motifs is 2. The number of rotatable bonds is 7. The number of hydrogen-bond acceptors (Lipinski definition) is 12. The fraction of sp³-hybridized carbons (Fsp3) is 0.350. The topological polar surface area (TPSA) is 172 Å². The third-order valence-electron chi connectivity index (χ3n) is 5.69. The lowest BCUT2D eigenvalue weighted by molar-refractivity contribution is -0.575. The van der Waals surface area contributed by atoms with E-state index in [4.69, 9.17) is 10.6 Å². The van der Waals surface area contributed by atoms with Crippen LogP contribution in [-0.4, -0.2) is 67.3 Å². The molecule has 2 aliphatic heterocycles. The molecule has 3 N–H and O–H groups in total. The van der Waals surface area contributed by atoms with Gasteiger partial charge >= 0.3 is 4.96 Å². The monoisotopic (exact) mass is 548 g/mol. The van der Waals surface area contributed by atoms with Crippen LogP contribution in [0.1, 0.15) is 16.4 Å². The number of hydrogen-bond donors (Lipinski definition) is 2. The number of nitrogens with zero attached hydrogens (tertiary/aromatic N) is 6. The number of amides is 2. The SMILES string of the molecule is CO/N=C(\C(=O)N[C@@H]1C(=O)N2C(C(=O)[O-])=C(Cn3c(C)c[n+]4nc(C)sc34)CS[C@H]12)c1csc(N)n1. The fourth-order valence-corrected chi connectivity index (χ4v) is 6.91. The second kappa shape index (κ2) is 9.18. The molecular weight excluding hydrogens is 528 g/mol. The molecule has 0 aliphatic carbocycles. The van der Waals surface area contributed by atoms with Gasteiger partial charge in [0.25, 0.3) is 11.8 Å². The van der Waals surface area contributed by atoms with Gasteiger partial charge in [-0.3, -0.25) is 14.5 Å². The number of β-lactam (4-membered cyclic amide) rings is 1. The molecular formula is C20H20N8O5S3. The van der Waals surface area contributed by atoms with Crippen LogP contribution in [0, 0.1) is 13.8 Å². The van der Waals surface area contributed by atoms with Crippen LogP contribution >= 0.6 is 34.4 Å². The summed E-state index contributed by atoms with van der Waals surface area (Å²) in [5.41, 5.74) is 6.99. The highest BCUT2D eigenvalue weighted by molar-refractivity contribution is 8.00. The summed E-state index contributed by atoms with van der Waals surface area (Å²) in [6, 6.07) is -0.948. The number of carboxylic acids is 1. The maximum Gasteiger partial charge on any atom is 0.368 e. The number of carbonyl (C=O) groups excluding carboxylic acids is 3. The fourth-order valence-electron chi connectivity index (χ4n) is 4.13. The van der Waals surface area contributed by atoms with Crippen LogP contribution < -0.4 is 20.7 Å². The Bertz CT molecular complexity index is 1470. The molecule has 36 heavy (non-hydrogen) atoms. The summed E-state index contributed by atoms with van der Waals surface area (Å²) in [4.78, 5) is 48.9. The minimum atomic E-state index is -1.44. The molecule has 2 amide bonds. The summed E-state index contributed by atoms with van der Waals surface area (Å²) in [5, 5.41) is 25.0. The van der Waals surface area contributed by atoms with Gasteiger partial charge in [0.05, 0.1) is 11.7 Å². The Kier molecular flexibility index (Phi) is 6.17. The summed E-state index contributed by atoms with van der Waals surface area (Å²) in [7, 11) is 1.28. The van der Waals surface area contributed by atoms with Gasteiger partial charge in [0.15, 0.2) is 17.0 Å². The van der Waals surface area contributed by atoms with E-state index in [0.717, 1.165) is 27.0 Å². The van der Waals surface area contributed by atoms with Crippen LogP contribution in [0.5, 0.6) is 0 Å². The lowest BCUT2D eigenvalue weighted by Crippen LogP contribution is -2.71. The number of anilines is 1. The largest absolute Gasteiger partial charge is 0.543 e. The summed E-state index contributed by atoms with van der Waals surface area (Å²) in [6.07, 6.45) is 1.87. The second-order valence-corrected chi connectivity index (χ2v) is 11.2. The highest BCUT2D eigenvalue weighted by atomic mass is 32.2. The predicted molar refractivity (Wildman–Crippen MR) is 130 cm³/mol. The Morgan fingerprint density at radius 2 is 2.19 bits per heavy atom. The molecule has 5 heterocycles. The van der Waals surface area contributed by atoms with E-state index >= 15 is 0 Å². The molecule has 5 rings (SSSR count). The minimum absolute atomic E-state index is 0.140. The van der Waals surface area contributed by atoms with Gasteiger partial charge in [0.2, 0.25) is 0 Å². The summed E-state index contributed by atoms with van der Waals surface area (Å²) < 4.78 is 3.71. The van der Waals surface area contributed by atoms with Crippen molar-refractivity contribution in [3.63, 3.8) is 0 Å². The zero-order chi connectivity index (χ0) is 25.7. The first-order valence-electron chi connectivity index (χ1n) is 10.6. The molecule has 1 saturated heterocycles. The maximum absolute atomic E-state index is 13.0. The molecule has 13 nitrogen and oxygen atoms in total. The first-order valence-corrected chi connectivity index (χ1v) is 13.3. The smallest absolute Gasteiger partial charge is 0.368 e. The number of aryl methyl sites for hydroxylation is 2. The molecule has 2 atom stereocenters. The van der Waals surface area contributed by atoms with Gasteiger partial charge in [-0.15, -0.1) is 23.1 Å². The third-order valence-corrected chi connectivity index (χ3v) is 8.67. The number of carboxylic acid groups (broad SMARTS) is 1. The molecule has 0 unspecified atom stereocenters. The van der Waals surface area contributed by atoms with Crippen molar-refractivity contribution in [1.82, 2.24) is 24.9 Å². The second-order valence-electron chi connectivity index (χ2n) is 8.00. The average molecular weight is 549 g/mol. The summed E-state index contributed by atoms with van der Waals surface area (Å²) in [5.74, 6) is -2.34. The number of imidazole rings is 1. The van der Waals surface area contributed by atoms with Crippen LogP contribution in [-0.2, 0) is 25.8 Å². The van der Waals surface area contributed by atoms with E-state index in [2.05, 4.69) is 20.6 Å². The molecule has 1 fully saturated rings. The minimum Gasteiger partial charge on any atom is -0.543 e. The Labute approximate surface area is 216 Å². The number of thioether (sulfide) groups is 1. The van der Waals surface area contributed by atoms with E-state index < -0.39 is 29.2 Å². The van der Waals surface area contributed by atoms with Crippen LogP contribution in [0.4, 0.5) is 5.13 Å². The van der Waals surface area contributed by atoms with Crippen LogP contribution in [0.25, 0.3) is 4.96 Å². The van der Waals surface area contributed by atoms with Crippen molar-refractivity contribution in [2.45, 2.75) is 31.8 Å². The van der Waals surface area contributed by atoms with E-state index in [1.165, 1.54) is 35.1 Å². The molecule has 0 radical (unpaired) electrons. The molecule has 0 bridgehead atoms. The number of nitrogen functional groups attached to an aromatic ring is 1. The average Bonchev–Trinajstić information content (AvgIpc) is 3.49. The first-order chi connectivity index (χ1) is 17.2. The molecule has 0 saturated carbocycles. The third kappa shape index (κ3) is 4.00. The predicted octanol–water partition coefficient (Wildman–Crippen LogP) is -1.21. The van der Waals surface area contributed by atoms with Crippen molar-refractivity contribution in [3.05, 3.63) is 39.2 Å². The van der Waals surface area contributed by atoms with E-state index in [1.807, 2.05) is 24.6 Å². The van der Waals surface area contributed by atoms with Gasteiger partial charge < -0.3 is 25.8 Å². The van der Waals surface area contributed by atoms with E-state index in [9.17, 15) is 19.5 Å². The van der Waals surface area contributed by atoms with Gasteiger partial charge in [-0.25, -0.2) is 9.55 Å². The first kappa shape index (κ1) is 24.2. The number of aromatic nitrogens is 4. The van der Waals surface area contributed by atoms with Crippen molar-refractivity contribution in [1.29, 1.82) is 0 Å². The molecule has 0 spiro atoms. The van der Waals surface area contributed by atoms with Crippen molar-refractivity contribution in [3.8, 4) is 0 Å². The number of carbonyl (C=O) groups is 3. The van der Waals surface area contributed by atoms with Crippen LogP contribution in [0.15, 0.2) is 28.0 Å². The Morgan fingerprint density at radius 3 is 2.86 bits per heavy atom. The van der Waals surface area contributed by atoms with Crippen molar-refractivity contribution in [2.75, 3.05) is 18.6 Å². The van der Waals surface area contributed by atoms with Gasteiger partial charge in [-0.2, -0.15) is 0 Å². The highest BCUT2D eigenvalue weighted by Gasteiger charge is 2.53. The van der Waals surface area contributed by atoms with Crippen molar-refractivity contribution >= 4 is 68.0 Å². The van der Waals surface area contributed by atoms with E-state index in [1.54, 1.807) is 9.90 Å². The number of thiazole rings is 1. The molecule has 3 aromatic rings. The normalized spacial score (nSPS) is 19.9. The lowest BCUT2D eigenvalue weighted by atomic mass is 10.0. The van der Waals surface area contributed by atoms with Crippen molar-refractivity contribution < 1.29 is 28.8 Å². The van der Waals surface area contributed by atoms with Gasteiger partial charge in [-0.1, -0.05) is 14.8 Å². The summed E-state index contributed by atoms with van der Waals surface area (Å²) >= 11 is 3.98.